The Hall–Kier alpha value is -0.870. The van der Waals surface area contributed by atoms with Gasteiger partial charge in [-0.1, -0.05) is 0 Å². The van der Waals surface area contributed by atoms with E-state index in [0.29, 0.717) is 12.8 Å². The van der Waals surface area contributed by atoms with E-state index >= 15 is 0 Å². The zero-order chi connectivity index (χ0) is 10.6. The lowest BCUT2D eigenvalue weighted by Crippen LogP contribution is -2.25. The van der Waals surface area contributed by atoms with Crippen molar-refractivity contribution in [2.45, 2.75) is 31.7 Å². The van der Waals surface area contributed by atoms with Crippen LogP contribution in [0.2, 0.25) is 0 Å². The maximum Gasteiger partial charge on any atom is 0.423 e. The summed E-state index contributed by atoms with van der Waals surface area (Å²) in [5, 5.41) is 0. The molecule has 2 unspecified atom stereocenters. The van der Waals surface area contributed by atoms with E-state index in [1.807, 2.05) is 0 Å². The Morgan fingerprint density at radius 3 is 2.64 bits per heavy atom. The smallest absolute Gasteiger partial charge is 0.385 e. The summed E-state index contributed by atoms with van der Waals surface area (Å²) in [4.78, 5) is 21.9. The van der Waals surface area contributed by atoms with Gasteiger partial charge in [-0.25, -0.2) is 4.57 Å². The number of hydrogen-bond acceptors (Lipinski definition) is 6. The summed E-state index contributed by atoms with van der Waals surface area (Å²) < 4.78 is 19.6. The molecular formula is C7H12NO5P. The second kappa shape index (κ2) is 5.12. The van der Waals surface area contributed by atoms with Crippen LogP contribution in [0.25, 0.3) is 0 Å². The number of carbonyl (C=O) groups is 2. The molecule has 1 aliphatic rings. The van der Waals surface area contributed by atoms with Gasteiger partial charge in [-0.2, -0.15) is 0 Å². The van der Waals surface area contributed by atoms with Gasteiger partial charge in [0.1, 0.15) is 0 Å². The maximum atomic E-state index is 11.0. The molecule has 6 nitrogen and oxygen atoms in total. The minimum Gasteiger partial charge on any atom is -0.385 e. The molecule has 1 fully saturated rings. The fraction of sp³-hybridized carbons (Fsp3) is 0.714. The van der Waals surface area contributed by atoms with Crippen molar-refractivity contribution in [3.63, 3.8) is 0 Å². The summed E-state index contributed by atoms with van der Waals surface area (Å²) in [6, 6.07) is -0.344. The van der Waals surface area contributed by atoms with Crippen LogP contribution in [0.15, 0.2) is 0 Å². The van der Waals surface area contributed by atoms with Gasteiger partial charge in [0.2, 0.25) is 0 Å². The Morgan fingerprint density at radius 2 is 1.93 bits per heavy atom. The topological polar surface area (TPSA) is 95.7 Å². The van der Waals surface area contributed by atoms with Gasteiger partial charge in [0, 0.05) is 12.5 Å². The van der Waals surface area contributed by atoms with Crippen molar-refractivity contribution < 1.29 is 23.2 Å². The largest absolute Gasteiger partial charge is 0.423 e. The van der Waals surface area contributed by atoms with Crippen molar-refractivity contribution >= 4 is 20.2 Å². The standard InChI is InChI=1S/C7H12NO5P/c8-5-2-1-3-6(9)12-14(11)13-7(10)4-5/h5,14H,1-4,8H2. The van der Waals surface area contributed by atoms with Gasteiger partial charge in [-0.3, -0.25) is 9.59 Å². The van der Waals surface area contributed by atoms with Gasteiger partial charge >= 0.3 is 20.2 Å². The summed E-state index contributed by atoms with van der Waals surface area (Å²) in [5.74, 6) is -1.30. The first-order valence-corrected chi connectivity index (χ1v) is 5.51. The van der Waals surface area contributed by atoms with Crippen molar-refractivity contribution in [3.8, 4) is 0 Å². The predicted molar refractivity (Wildman–Crippen MR) is 47.6 cm³/mol. The van der Waals surface area contributed by atoms with E-state index in [1.165, 1.54) is 0 Å². The summed E-state index contributed by atoms with van der Waals surface area (Å²) in [7, 11) is -3.02. The Morgan fingerprint density at radius 1 is 1.29 bits per heavy atom. The zero-order valence-corrected chi connectivity index (χ0v) is 8.52. The Balaban J connectivity index is 2.57. The van der Waals surface area contributed by atoms with Crippen molar-refractivity contribution in [2.75, 3.05) is 0 Å². The van der Waals surface area contributed by atoms with Crippen LogP contribution in [0.3, 0.4) is 0 Å². The first kappa shape index (κ1) is 11.2. The fourth-order valence-corrected chi connectivity index (χ4v) is 1.72. The van der Waals surface area contributed by atoms with Crippen LogP contribution < -0.4 is 5.73 Å². The number of hydrogen-bond donors (Lipinski definition) is 1. The number of nitrogens with two attached hydrogens (primary N) is 1. The number of rotatable bonds is 0. The Bertz CT molecular complexity index is 267. The lowest BCUT2D eigenvalue weighted by molar-refractivity contribution is -0.138. The summed E-state index contributed by atoms with van der Waals surface area (Å²) >= 11 is 0. The molecule has 0 aromatic heterocycles. The average Bonchev–Trinajstić information content (AvgIpc) is 2.01. The molecule has 2 atom stereocenters. The van der Waals surface area contributed by atoms with Crippen LogP contribution in [-0.2, 0) is 23.2 Å². The molecule has 80 valence electrons. The fourth-order valence-electron chi connectivity index (χ4n) is 1.12. The van der Waals surface area contributed by atoms with Gasteiger partial charge in [0.05, 0.1) is 6.42 Å². The molecule has 0 bridgehead atoms. The van der Waals surface area contributed by atoms with Gasteiger partial charge in [0.15, 0.2) is 0 Å². The molecule has 1 aliphatic heterocycles. The van der Waals surface area contributed by atoms with Crippen LogP contribution in [0.1, 0.15) is 25.7 Å². The second-order valence-electron chi connectivity index (χ2n) is 3.05. The van der Waals surface area contributed by atoms with Gasteiger partial charge in [0.25, 0.3) is 0 Å². The third-order valence-electron chi connectivity index (χ3n) is 1.78. The van der Waals surface area contributed by atoms with E-state index < -0.39 is 20.2 Å². The van der Waals surface area contributed by atoms with Crippen LogP contribution in [-0.4, -0.2) is 18.0 Å². The van der Waals surface area contributed by atoms with E-state index in [-0.39, 0.29) is 18.9 Å². The lowest BCUT2D eigenvalue weighted by Gasteiger charge is -2.13. The zero-order valence-electron chi connectivity index (χ0n) is 7.52. The van der Waals surface area contributed by atoms with E-state index in [4.69, 9.17) is 5.73 Å². The molecule has 14 heavy (non-hydrogen) atoms. The average molecular weight is 221 g/mol. The molecule has 2 N–H and O–H groups in total. The lowest BCUT2D eigenvalue weighted by atomic mass is 10.1. The highest BCUT2D eigenvalue weighted by Crippen LogP contribution is 2.27. The van der Waals surface area contributed by atoms with Gasteiger partial charge in [-0.15, -0.1) is 0 Å². The molecule has 0 amide bonds. The van der Waals surface area contributed by atoms with Crippen molar-refractivity contribution in [1.82, 2.24) is 0 Å². The maximum absolute atomic E-state index is 11.0. The molecule has 0 saturated carbocycles. The van der Waals surface area contributed by atoms with E-state index in [9.17, 15) is 14.2 Å². The quantitative estimate of drug-likeness (QED) is 0.593. The van der Waals surface area contributed by atoms with Crippen molar-refractivity contribution in [2.24, 2.45) is 5.73 Å². The SMILES string of the molecule is NC1CCCC(=O)O[PH](=O)OC(=O)C1. The minimum absolute atomic E-state index is 0.00789. The van der Waals surface area contributed by atoms with Crippen LogP contribution in [0.5, 0.6) is 0 Å². The highest BCUT2D eigenvalue weighted by molar-refractivity contribution is 7.34. The summed E-state index contributed by atoms with van der Waals surface area (Å²) in [6.07, 6.45) is 1.24. The third kappa shape index (κ3) is 3.89. The van der Waals surface area contributed by atoms with Crippen LogP contribution in [0, 0.1) is 0 Å². The first-order valence-electron chi connectivity index (χ1n) is 4.29. The van der Waals surface area contributed by atoms with Crippen molar-refractivity contribution in [3.05, 3.63) is 0 Å². The first-order chi connectivity index (χ1) is 6.58. The molecule has 1 saturated heterocycles. The normalized spacial score (nSPS) is 30.4. The molecular weight excluding hydrogens is 209 g/mol. The summed E-state index contributed by atoms with van der Waals surface area (Å²) in [5.41, 5.74) is 5.56. The molecule has 1 rings (SSSR count). The van der Waals surface area contributed by atoms with E-state index in [1.54, 1.807) is 0 Å². The van der Waals surface area contributed by atoms with Crippen LogP contribution >= 0.6 is 8.25 Å². The van der Waals surface area contributed by atoms with Gasteiger partial charge in [-0.05, 0) is 12.8 Å². The second-order valence-corrected chi connectivity index (χ2v) is 3.96. The predicted octanol–water partition coefficient (Wildman–Crippen LogP) is 0.364. The molecule has 0 radical (unpaired) electrons. The molecule has 7 heteroatoms. The van der Waals surface area contributed by atoms with Crippen molar-refractivity contribution in [1.29, 1.82) is 0 Å². The summed E-state index contributed by atoms with van der Waals surface area (Å²) in [6.45, 7) is 0. The van der Waals surface area contributed by atoms with Crippen LogP contribution in [0.4, 0.5) is 0 Å². The Labute approximate surface area is 81.7 Å². The molecule has 1 heterocycles. The molecule has 0 aromatic carbocycles. The Kier molecular flexibility index (Phi) is 4.10. The molecule has 0 spiro atoms. The highest BCUT2D eigenvalue weighted by Gasteiger charge is 2.18. The van der Waals surface area contributed by atoms with E-state index in [2.05, 4.69) is 9.05 Å². The monoisotopic (exact) mass is 221 g/mol. The highest BCUT2D eigenvalue weighted by atomic mass is 31.1. The molecule has 0 aromatic rings. The molecule has 0 aliphatic carbocycles. The van der Waals surface area contributed by atoms with Gasteiger partial charge < -0.3 is 14.8 Å². The minimum atomic E-state index is -3.02. The number of carbonyl (C=O) groups excluding carboxylic acids is 2. The third-order valence-corrected chi connectivity index (χ3v) is 2.57. The van der Waals surface area contributed by atoms with E-state index in [0.717, 1.165) is 0 Å².